The summed E-state index contributed by atoms with van der Waals surface area (Å²) in [5, 5.41) is 7.29. The van der Waals surface area contributed by atoms with Crippen molar-refractivity contribution in [3.8, 4) is 11.5 Å². The average Bonchev–Trinajstić information content (AvgIpc) is 3.22. The molecule has 1 aliphatic carbocycles. The highest BCUT2D eigenvalue weighted by atomic mass is 16.5. The van der Waals surface area contributed by atoms with Crippen LogP contribution in [-0.4, -0.2) is 37.0 Å². The summed E-state index contributed by atoms with van der Waals surface area (Å²) < 4.78 is 16.1. The van der Waals surface area contributed by atoms with E-state index >= 15 is 0 Å². The number of hydrogen-bond donors (Lipinski definition) is 1. The first-order chi connectivity index (χ1) is 14.6. The van der Waals surface area contributed by atoms with Crippen molar-refractivity contribution in [3.63, 3.8) is 0 Å². The smallest absolute Gasteiger partial charge is 0.359 e. The molecule has 1 aromatic heterocycles. The molecule has 1 heterocycles. The van der Waals surface area contributed by atoms with E-state index in [4.69, 9.17) is 14.2 Å². The van der Waals surface area contributed by atoms with Crippen molar-refractivity contribution in [2.75, 3.05) is 20.8 Å². The number of nitrogens with one attached hydrogen (secondary N) is 1. The molecule has 6 heteroatoms. The van der Waals surface area contributed by atoms with E-state index in [0.717, 1.165) is 33.9 Å². The summed E-state index contributed by atoms with van der Waals surface area (Å²) in [6.45, 7) is 2.09. The maximum absolute atomic E-state index is 12.3. The Labute approximate surface area is 175 Å². The lowest BCUT2D eigenvalue weighted by molar-refractivity contribution is 0.0519. The molecular weight excluding hydrogens is 380 g/mol. The number of rotatable bonds is 6. The van der Waals surface area contributed by atoms with Gasteiger partial charge in [0.05, 0.1) is 20.8 Å². The van der Waals surface area contributed by atoms with Gasteiger partial charge >= 0.3 is 5.97 Å². The SMILES string of the molecule is CCOC(=O)c1n[nH]c2c1C=CC(c1cccc(OC)c1)(c1cccc(OC)c1)C2. The number of benzene rings is 2. The molecule has 0 saturated heterocycles. The zero-order chi connectivity index (χ0) is 21.1. The molecule has 0 aliphatic heterocycles. The fourth-order valence-electron chi connectivity index (χ4n) is 3.98. The molecule has 0 saturated carbocycles. The molecule has 0 fully saturated rings. The molecule has 0 bridgehead atoms. The predicted molar refractivity (Wildman–Crippen MR) is 114 cm³/mol. The van der Waals surface area contributed by atoms with Crippen LogP contribution in [0.3, 0.4) is 0 Å². The van der Waals surface area contributed by atoms with Crippen molar-refractivity contribution >= 4 is 12.0 Å². The first-order valence-corrected chi connectivity index (χ1v) is 9.84. The lowest BCUT2D eigenvalue weighted by Gasteiger charge is -2.34. The number of H-pyrrole nitrogens is 1. The zero-order valence-corrected chi connectivity index (χ0v) is 17.3. The van der Waals surface area contributed by atoms with Crippen LogP contribution in [0.2, 0.25) is 0 Å². The number of allylic oxidation sites excluding steroid dienone is 1. The molecule has 4 rings (SSSR count). The lowest BCUT2D eigenvalue weighted by atomic mass is 9.68. The maximum Gasteiger partial charge on any atom is 0.359 e. The molecular formula is C24H24N2O4. The number of methoxy groups -OCH3 is 2. The second-order valence-corrected chi connectivity index (χ2v) is 7.13. The van der Waals surface area contributed by atoms with Crippen molar-refractivity contribution in [2.24, 2.45) is 0 Å². The van der Waals surface area contributed by atoms with Crippen molar-refractivity contribution in [3.05, 3.63) is 82.7 Å². The van der Waals surface area contributed by atoms with Gasteiger partial charge in [-0.05, 0) is 42.3 Å². The third-order valence-electron chi connectivity index (χ3n) is 5.51. The maximum atomic E-state index is 12.3. The van der Waals surface area contributed by atoms with Crippen LogP contribution < -0.4 is 9.47 Å². The molecule has 6 nitrogen and oxygen atoms in total. The van der Waals surface area contributed by atoms with Crippen LogP contribution in [0.4, 0.5) is 0 Å². The van der Waals surface area contributed by atoms with Crippen LogP contribution in [-0.2, 0) is 16.6 Å². The van der Waals surface area contributed by atoms with Gasteiger partial charge in [-0.15, -0.1) is 0 Å². The number of esters is 1. The normalized spacial score (nSPS) is 14.1. The number of carbonyl (C=O) groups excluding carboxylic acids is 1. The summed E-state index contributed by atoms with van der Waals surface area (Å²) in [4.78, 5) is 12.3. The van der Waals surface area contributed by atoms with E-state index in [2.05, 4.69) is 28.4 Å². The Kier molecular flexibility index (Phi) is 5.31. The minimum absolute atomic E-state index is 0.307. The number of ether oxygens (including phenoxy) is 3. The minimum atomic E-state index is -0.478. The summed E-state index contributed by atoms with van der Waals surface area (Å²) in [6.07, 6.45) is 4.68. The monoisotopic (exact) mass is 404 g/mol. The number of hydrogen-bond acceptors (Lipinski definition) is 5. The lowest BCUT2D eigenvalue weighted by Crippen LogP contribution is -2.30. The first kappa shape index (κ1) is 19.8. The van der Waals surface area contributed by atoms with Gasteiger partial charge in [-0.3, -0.25) is 5.10 Å². The Morgan fingerprint density at radius 3 is 2.27 bits per heavy atom. The number of fused-ring (bicyclic) bond motifs is 1. The topological polar surface area (TPSA) is 73.4 Å². The highest BCUT2D eigenvalue weighted by Crippen LogP contribution is 2.43. The molecule has 0 amide bonds. The molecule has 2 aromatic carbocycles. The first-order valence-electron chi connectivity index (χ1n) is 9.84. The minimum Gasteiger partial charge on any atom is -0.497 e. The van der Waals surface area contributed by atoms with Crippen molar-refractivity contribution in [1.82, 2.24) is 10.2 Å². The molecule has 0 unspecified atom stereocenters. The summed E-state index contributed by atoms with van der Waals surface area (Å²) in [5.74, 6) is 1.14. The van der Waals surface area contributed by atoms with Crippen LogP contribution in [0, 0.1) is 0 Å². The quantitative estimate of drug-likeness (QED) is 0.625. The highest BCUT2D eigenvalue weighted by molar-refractivity contribution is 5.92. The van der Waals surface area contributed by atoms with Gasteiger partial charge in [-0.1, -0.05) is 36.4 Å². The Hall–Kier alpha value is -3.54. The Bertz CT molecular complexity index is 1050. The highest BCUT2D eigenvalue weighted by Gasteiger charge is 2.38. The standard InChI is InChI=1S/C24H24N2O4/c1-4-30-23(27)22-20-11-12-24(15-21(20)25-26-22,16-7-5-9-18(13-16)28-2)17-8-6-10-19(14-17)29-3/h5-14H,4,15H2,1-3H3,(H,25,26). The van der Waals surface area contributed by atoms with E-state index in [1.165, 1.54) is 0 Å². The molecule has 0 spiro atoms. The van der Waals surface area contributed by atoms with E-state index in [1.54, 1.807) is 21.1 Å². The van der Waals surface area contributed by atoms with E-state index in [9.17, 15) is 4.79 Å². The van der Waals surface area contributed by atoms with Gasteiger partial charge in [-0.25, -0.2) is 4.79 Å². The number of aromatic amines is 1. The molecule has 3 aromatic rings. The number of aromatic nitrogens is 2. The van der Waals surface area contributed by atoms with Gasteiger partial charge in [0.1, 0.15) is 11.5 Å². The number of carbonyl (C=O) groups is 1. The van der Waals surface area contributed by atoms with Crippen LogP contribution in [0.5, 0.6) is 11.5 Å². The molecule has 154 valence electrons. The molecule has 1 N–H and O–H groups in total. The summed E-state index contributed by atoms with van der Waals surface area (Å²) >= 11 is 0. The van der Waals surface area contributed by atoms with E-state index in [-0.39, 0.29) is 0 Å². The zero-order valence-electron chi connectivity index (χ0n) is 17.3. The summed E-state index contributed by atoms with van der Waals surface area (Å²) in [5.41, 5.74) is 3.64. The second-order valence-electron chi connectivity index (χ2n) is 7.13. The van der Waals surface area contributed by atoms with E-state index in [0.29, 0.717) is 18.7 Å². The third-order valence-corrected chi connectivity index (χ3v) is 5.51. The Morgan fingerprint density at radius 1 is 1.07 bits per heavy atom. The van der Waals surface area contributed by atoms with Crippen LogP contribution >= 0.6 is 0 Å². The molecule has 1 aliphatic rings. The second kappa shape index (κ2) is 8.06. The predicted octanol–water partition coefficient (Wildman–Crippen LogP) is 4.16. The molecule has 30 heavy (non-hydrogen) atoms. The van der Waals surface area contributed by atoms with Crippen molar-refractivity contribution < 1.29 is 19.0 Å². The van der Waals surface area contributed by atoms with E-state index in [1.807, 2.05) is 42.5 Å². The van der Waals surface area contributed by atoms with Gasteiger partial charge in [0, 0.05) is 23.1 Å². The third kappa shape index (κ3) is 3.34. The fraction of sp³-hybridized carbons (Fsp3) is 0.250. The van der Waals surface area contributed by atoms with Crippen molar-refractivity contribution in [1.29, 1.82) is 0 Å². The molecule has 0 radical (unpaired) electrons. The van der Waals surface area contributed by atoms with Gasteiger partial charge in [0.25, 0.3) is 0 Å². The van der Waals surface area contributed by atoms with Crippen LogP contribution in [0.1, 0.15) is 39.8 Å². The van der Waals surface area contributed by atoms with Crippen LogP contribution in [0.15, 0.2) is 54.6 Å². The van der Waals surface area contributed by atoms with Crippen LogP contribution in [0.25, 0.3) is 6.08 Å². The number of nitrogens with zero attached hydrogens (tertiary/aromatic N) is 1. The van der Waals surface area contributed by atoms with Crippen molar-refractivity contribution in [2.45, 2.75) is 18.8 Å². The van der Waals surface area contributed by atoms with E-state index < -0.39 is 11.4 Å². The Morgan fingerprint density at radius 2 is 1.70 bits per heavy atom. The largest absolute Gasteiger partial charge is 0.497 e. The Balaban J connectivity index is 1.86. The summed E-state index contributed by atoms with van der Waals surface area (Å²) in [6, 6.07) is 16.1. The van der Waals surface area contributed by atoms with Gasteiger partial charge in [0.15, 0.2) is 5.69 Å². The van der Waals surface area contributed by atoms with Gasteiger partial charge in [-0.2, -0.15) is 5.10 Å². The summed E-state index contributed by atoms with van der Waals surface area (Å²) in [7, 11) is 3.32. The van der Waals surface area contributed by atoms with Gasteiger partial charge in [0.2, 0.25) is 0 Å². The van der Waals surface area contributed by atoms with Gasteiger partial charge < -0.3 is 14.2 Å². The molecule has 0 atom stereocenters. The fourth-order valence-corrected chi connectivity index (χ4v) is 3.98. The average molecular weight is 404 g/mol.